The fourth-order valence-corrected chi connectivity index (χ4v) is 2.26. The summed E-state index contributed by atoms with van der Waals surface area (Å²) in [5.74, 6) is 0.343. The van der Waals surface area contributed by atoms with Gasteiger partial charge in [-0.3, -0.25) is 10.1 Å². The van der Waals surface area contributed by atoms with Crippen molar-refractivity contribution >= 4 is 11.7 Å². The van der Waals surface area contributed by atoms with E-state index < -0.39 is 0 Å². The number of nitrogens with one attached hydrogen (secondary N) is 1. The van der Waals surface area contributed by atoms with Crippen LogP contribution in [-0.4, -0.2) is 21.2 Å². The first-order valence-electron chi connectivity index (χ1n) is 6.63. The molecule has 0 bridgehead atoms. The van der Waals surface area contributed by atoms with Gasteiger partial charge in [0.05, 0.1) is 10.5 Å². The van der Waals surface area contributed by atoms with Crippen molar-refractivity contribution < 1.29 is 9.34 Å². The molecule has 1 heterocycles. The molecule has 3 rings (SSSR count). The standard InChI is InChI=1S/C14H14N4O3/c1-8(2)15-14-17-16-13(21-14)10-4-3-9-5-6-12(18(19)20)11(9)7-10/h3-4,6-8H,5H2,1-2H3,(H,15,17). The predicted octanol–water partition coefficient (Wildman–Crippen LogP) is 2.73. The van der Waals surface area contributed by atoms with Crippen LogP contribution in [0.1, 0.15) is 25.0 Å². The summed E-state index contributed by atoms with van der Waals surface area (Å²) < 4.78 is 5.51. The average Bonchev–Trinajstić information content (AvgIpc) is 3.03. The van der Waals surface area contributed by atoms with Crippen molar-refractivity contribution in [1.29, 1.82) is 0 Å². The van der Waals surface area contributed by atoms with E-state index in [2.05, 4.69) is 15.5 Å². The summed E-state index contributed by atoms with van der Waals surface area (Å²) in [6, 6.07) is 5.94. The average molecular weight is 286 g/mol. The second-order valence-electron chi connectivity index (χ2n) is 5.13. The van der Waals surface area contributed by atoms with Gasteiger partial charge < -0.3 is 9.73 Å². The summed E-state index contributed by atoms with van der Waals surface area (Å²) in [4.78, 5) is 10.6. The van der Waals surface area contributed by atoms with Gasteiger partial charge in [-0.15, -0.1) is 5.10 Å². The molecule has 1 aliphatic rings. The molecular formula is C14H14N4O3. The molecule has 0 saturated heterocycles. The molecule has 0 amide bonds. The normalized spacial score (nSPS) is 13.2. The minimum atomic E-state index is -0.366. The van der Waals surface area contributed by atoms with Crippen LogP contribution < -0.4 is 5.32 Å². The van der Waals surface area contributed by atoms with Crippen molar-refractivity contribution in [2.75, 3.05) is 5.32 Å². The number of hydrogen-bond acceptors (Lipinski definition) is 6. The smallest absolute Gasteiger partial charge is 0.315 e. The Labute approximate surface area is 120 Å². The Morgan fingerprint density at radius 2 is 2.19 bits per heavy atom. The van der Waals surface area contributed by atoms with E-state index in [1.165, 1.54) is 0 Å². The van der Waals surface area contributed by atoms with Crippen molar-refractivity contribution in [3.8, 4) is 11.5 Å². The van der Waals surface area contributed by atoms with Gasteiger partial charge in [-0.1, -0.05) is 11.2 Å². The van der Waals surface area contributed by atoms with Gasteiger partial charge in [-0.25, -0.2) is 0 Å². The number of benzene rings is 1. The van der Waals surface area contributed by atoms with Crippen LogP contribution in [0.2, 0.25) is 0 Å². The van der Waals surface area contributed by atoms with Gasteiger partial charge in [0.25, 0.3) is 5.70 Å². The zero-order valence-corrected chi connectivity index (χ0v) is 11.7. The number of fused-ring (bicyclic) bond motifs is 1. The number of hydrogen-bond donors (Lipinski definition) is 1. The van der Waals surface area contributed by atoms with E-state index in [9.17, 15) is 10.1 Å². The molecule has 0 fully saturated rings. The molecular weight excluding hydrogens is 272 g/mol. The van der Waals surface area contributed by atoms with E-state index in [-0.39, 0.29) is 16.7 Å². The zero-order chi connectivity index (χ0) is 15.0. The first-order valence-corrected chi connectivity index (χ1v) is 6.63. The lowest BCUT2D eigenvalue weighted by atomic mass is 10.1. The molecule has 1 N–H and O–H groups in total. The van der Waals surface area contributed by atoms with Gasteiger partial charge in [-0.05, 0) is 44.0 Å². The molecule has 108 valence electrons. The van der Waals surface area contributed by atoms with E-state index in [0.29, 0.717) is 29.5 Å². The molecule has 7 nitrogen and oxygen atoms in total. The van der Waals surface area contributed by atoms with Crippen molar-refractivity contribution in [2.24, 2.45) is 0 Å². The second kappa shape index (κ2) is 5.01. The highest BCUT2D eigenvalue weighted by molar-refractivity contribution is 5.72. The van der Waals surface area contributed by atoms with Crippen LogP contribution in [-0.2, 0) is 6.42 Å². The van der Waals surface area contributed by atoms with Crippen molar-refractivity contribution in [3.63, 3.8) is 0 Å². The summed E-state index contributed by atoms with van der Waals surface area (Å²) in [6.45, 7) is 3.93. The Balaban J connectivity index is 1.94. The Morgan fingerprint density at radius 3 is 2.90 bits per heavy atom. The van der Waals surface area contributed by atoms with E-state index in [4.69, 9.17) is 4.42 Å². The van der Waals surface area contributed by atoms with E-state index in [0.717, 1.165) is 5.56 Å². The highest BCUT2D eigenvalue weighted by Crippen LogP contribution is 2.31. The minimum Gasteiger partial charge on any atom is -0.403 e. The van der Waals surface area contributed by atoms with E-state index in [1.54, 1.807) is 12.1 Å². The third kappa shape index (κ3) is 2.49. The first-order chi connectivity index (χ1) is 10.0. The van der Waals surface area contributed by atoms with Gasteiger partial charge >= 0.3 is 6.01 Å². The molecule has 0 radical (unpaired) electrons. The number of anilines is 1. The fraction of sp³-hybridized carbons (Fsp3) is 0.286. The molecule has 0 atom stereocenters. The zero-order valence-electron chi connectivity index (χ0n) is 11.7. The number of allylic oxidation sites excluding steroid dienone is 1. The van der Waals surface area contributed by atoms with Gasteiger partial charge in [0.1, 0.15) is 0 Å². The summed E-state index contributed by atoms with van der Waals surface area (Å²) in [6.07, 6.45) is 2.20. The largest absolute Gasteiger partial charge is 0.403 e. The lowest BCUT2D eigenvalue weighted by Crippen LogP contribution is -2.09. The maximum absolute atomic E-state index is 11.0. The summed E-state index contributed by atoms with van der Waals surface area (Å²) in [7, 11) is 0. The van der Waals surface area contributed by atoms with E-state index >= 15 is 0 Å². The lowest BCUT2D eigenvalue weighted by molar-refractivity contribution is -0.375. The second-order valence-corrected chi connectivity index (χ2v) is 5.13. The summed E-state index contributed by atoms with van der Waals surface area (Å²) >= 11 is 0. The highest BCUT2D eigenvalue weighted by Gasteiger charge is 2.24. The first kappa shape index (κ1) is 13.3. The van der Waals surface area contributed by atoms with Gasteiger partial charge in [0.2, 0.25) is 5.89 Å². The highest BCUT2D eigenvalue weighted by atomic mass is 16.6. The van der Waals surface area contributed by atoms with Crippen molar-refractivity contribution in [3.05, 3.63) is 45.5 Å². The summed E-state index contributed by atoms with van der Waals surface area (Å²) in [5, 5.41) is 21.9. The van der Waals surface area contributed by atoms with Crippen LogP contribution in [0.5, 0.6) is 0 Å². The molecule has 0 saturated carbocycles. The fourth-order valence-electron chi connectivity index (χ4n) is 2.26. The Hall–Kier alpha value is -2.70. The third-order valence-corrected chi connectivity index (χ3v) is 3.18. The number of nitrogens with zero attached hydrogens (tertiary/aromatic N) is 3. The molecule has 1 aromatic heterocycles. The van der Waals surface area contributed by atoms with Gasteiger partial charge in [0.15, 0.2) is 0 Å². The molecule has 21 heavy (non-hydrogen) atoms. The quantitative estimate of drug-likeness (QED) is 0.686. The van der Waals surface area contributed by atoms with Gasteiger partial charge in [-0.2, -0.15) is 0 Å². The molecule has 2 aromatic rings. The minimum absolute atomic E-state index is 0.131. The maximum Gasteiger partial charge on any atom is 0.315 e. The monoisotopic (exact) mass is 286 g/mol. The Kier molecular flexibility index (Phi) is 3.17. The molecule has 0 aliphatic heterocycles. The van der Waals surface area contributed by atoms with Crippen LogP contribution in [0.4, 0.5) is 6.01 Å². The molecule has 1 aromatic carbocycles. The predicted molar refractivity (Wildman–Crippen MR) is 77.2 cm³/mol. The molecule has 1 aliphatic carbocycles. The SMILES string of the molecule is CC(C)Nc1nnc(-c2ccc3c(c2)C([N+](=O)[O-])=CC3)o1. The molecule has 0 spiro atoms. The topological polar surface area (TPSA) is 94.1 Å². The molecule has 7 heteroatoms. The van der Waals surface area contributed by atoms with Crippen LogP contribution in [0.3, 0.4) is 0 Å². The van der Waals surface area contributed by atoms with Crippen LogP contribution in [0.15, 0.2) is 28.7 Å². The Bertz CT molecular complexity index is 734. The van der Waals surface area contributed by atoms with Crippen molar-refractivity contribution in [2.45, 2.75) is 26.3 Å². The van der Waals surface area contributed by atoms with E-state index in [1.807, 2.05) is 26.0 Å². The van der Waals surface area contributed by atoms with Crippen LogP contribution in [0.25, 0.3) is 17.2 Å². The number of aromatic nitrogens is 2. The Morgan fingerprint density at radius 1 is 1.38 bits per heavy atom. The molecule has 0 unspecified atom stereocenters. The summed E-state index contributed by atoms with van der Waals surface area (Å²) in [5.41, 5.74) is 2.36. The van der Waals surface area contributed by atoms with Crippen molar-refractivity contribution in [1.82, 2.24) is 10.2 Å². The van der Waals surface area contributed by atoms with Crippen LogP contribution >= 0.6 is 0 Å². The number of rotatable bonds is 4. The maximum atomic E-state index is 11.0. The van der Waals surface area contributed by atoms with Crippen LogP contribution in [0, 0.1) is 10.1 Å². The lowest BCUT2D eigenvalue weighted by Gasteiger charge is -2.03. The third-order valence-electron chi connectivity index (χ3n) is 3.18. The van der Waals surface area contributed by atoms with Gasteiger partial charge in [0, 0.05) is 11.6 Å². The number of nitro groups is 1.